The summed E-state index contributed by atoms with van der Waals surface area (Å²) in [5, 5.41) is 8.12. The van der Waals surface area contributed by atoms with Crippen molar-refractivity contribution in [2.24, 2.45) is 4.99 Å². The van der Waals surface area contributed by atoms with Crippen LogP contribution in [-0.2, 0) is 13.0 Å². The van der Waals surface area contributed by atoms with E-state index in [4.69, 9.17) is 0 Å². The average Bonchev–Trinajstić information content (AvgIpc) is 3.27. The van der Waals surface area contributed by atoms with E-state index in [1.807, 2.05) is 26.4 Å². The van der Waals surface area contributed by atoms with Crippen LogP contribution >= 0.6 is 0 Å². The minimum Gasteiger partial charge on any atom is -0.361 e. The Kier molecular flexibility index (Phi) is 6.52. The van der Waals surface area contributed by atoms with E-state index in [-0.39, 0.29) is 0 Å². The Labute approximate surface area is 161 Å². The van der Waals surface area contributed by atoms with Crippen LogP contribution in [0.15, 0.2) is 41.8 Å². The summed E-state index contributed by atoms with van der Waals surface area (Å²) < 4.78 is 2.19. The second kappa shape index (κ2) is 9.26. The number of imidazole rings is 1. The minimum absolute atomic E-state index is 0.856. The predicted octanol–water partition coefficient (Wildman–Crippen LogP) is 3.17. The standard InChI is InChI=1S/C21H30N6/c1-16-7-6-8-19-18(15-26-20(16)19)9-11-25-21(22-3)24-10-4-5-13-27-14-12-23-17(27)2/h6-8,12,14-15,26H,4-5,9-11,13H2,1-3H3,(H2,22,24,25). The van der Waals surface area contributed by atoms with Crippen molar-refractivity contribution in [3.05, 3.63) is 53.7 Å². The molecule has 0 fully saturated rings. The van der Waals surface area contributed by atoms with Gasteiger partial charge < -0.3 is 20.2 Å². The van der Waals surface area contributed by atoms with Gasteiger partial charge in [-0.05, 0) is 44.2 Å². The molecule has 3 N–H and O–H groups in total. The van der Waals surface area contributed by atoms with Gasteiger partial charge in [-0.2, -0.15) is 0 Å². The number of benzene rings is 1. The van der Waals surface area contributed by atoms with Crippen LogP contribution in [-0.4, -0.2) is 40.6 Å². The SMILES string of the molecule is CN=C(NCCCCn1ccnc1C)NCCc1c[nH]c2c(C)cccc12. The fourth-order valence-electron chi connectivity index (χ4n) is 3.36. The Morgan fingerprint density at radius 2 is 2.04 bits per heavy atom. The number of nitrogens with zero attached hydrogens (tertiary/aromatic N) is 3. The number of nitrogens with one attached hydrogen (secondary N) is 3. The van der Waals surface area contributed by atoms with E-state index in [1.165, 1.54) is 22.0 Å². The number of hydrogen-bond donors (Lipinski definition) is 3. The number of hydrogen-bond acceptors (Lipinski definition) is 2. The van der Waals surface area contributed by atoms with Gasteiger partial charge in [0.05, 0.1) is 0 Å². The van der Waals surface area contributed by atoms with Gasteiger partial charge in [0.1, 0.15) is 5.82 Å². The van der Waals surface area contributed by atoms with Gasteiger partial charge in [-0.15, -0.1) is 0 Å². The molecule has 3 aromatic rings. The third-order valence-corrected chi connectivity index (χ3v) is 4.96. The normalized spacial score (nSPS) is 11.9. The number of aryl methyl sites for hydroxylation is 3. The van der Waals surface area contributed by atoms with Crippen LogP contribution in [0, 0.1) is 13.8 Å². The third-order valence-electron chi connectivity index (χ3n) is 4.96. The number of unbranched alkanes of at least 4 members (excludes halogenated alkanes) is 1. The summed E-state index contributed by atoms with van der Waals surface area (Å²) in [7, 11) is 1.82. The number of aromatic amines is 1. The fourth-order valence-corrected chi connectivity index (χ4v) is 3.36. The van der Waals surface area contributed by atoms with Gasteiger partial charge in [-0.1, -0.05) is 18.2 Å². The van der Waals surface area contributed by atoms with E-state index >= 15 is 0 Å². The molecule has 27 heavy (non-hydrogen) atoms. The van der Waals surface area contributed by atoms with Crippen LogP contribution in [0.2, 0.25) is 0 Å². The van der Waals surface area contributed by atoms with Crippen LogP contribution in [0.4, 0.5) is 0 Å². The first kappa shape index (κ1) is 19.0. The summed E-state index contributed by atoms with van der Waals surface area (Å²) in [5.41, 5.74) is 3.87. The topological polar surface area (TPSA) is 70.0 Å². The molecule has 3 rings (SSSR count). The number of H-pyrrole nitrogens is 1. The molecule has 144 valence electrons. The first-order valence-electron chi connectivity index (χ1n) is 9.67. The van der Waals surface area contributed by atoms with Gasteiger partial charge in [-0.3, -0.25) is 4.99 Å². The molecule has 0 bridgehead atoms. The number of guanidine groups is 1. The van der Waals surface area contributed by atoms with Crippen LogP contribution in [0.5, 0.6) is 0 Å². The first-order valence-corrected chi connectivity index (χ1v) is 9.67. The lowest BCUT2D eigenvalue weighted by Crippen LogP contribution is -2.38. The molecular weight excluding hydrogens is 336 g/mol. The maximum Gasteiger partial charge on any atom is 0.190 e. The molecular formula is C21H30N6. The number of aliphatic imine (C=N–C) groups is 1. The van der Waals surface area contributed by atoms with Crippen molar-refractivity contribution in [2.45, 2.75) is 39.7 Å². The van der Waals surface area contributed by atoms with Gasteiger partial charge in [-0.25, -0.2) is 4.98 Å². The van der Waals surface area contributed by atoms with Crippen LogP contribution in [0.1, 0.15) is 29.8 Å². The molecule has 6 nitrogen and oxygen atoms in total. The van der Waals surface area contributed by atoms with E-state index in [9.17, 15) is 0 Å². The van der Waals surface area contributed by atoms with E-state index in [0.29, 0.717) is 0 Å². The Bertz CT molecular complexity index is 889. The monoisotopic (exact) mass is 366 g/mol. The molecule has 0 unspecified atom stereocenters. The molecule has 0 radical (unpaired) electrons. The number of aromatic nitrogens is 3. The van der Waals surface area contributed by atoms with Gasteiger partial charge in [0, 0.05) is 56.2 Å². The van der Waals surface area contributed by atoms with E-state index in [1.54, 1.807) is 0 Å². The van der Waals surface area contributed by atoms with Gasteiger partial charge in [0.2, 0.25) is 0 Å². The molecule has 0 saturated carbocycles. The van der Waals surface area contributed by atoms with Gasteiger partial charge >= 0.3 is 0 Å². The van der Waals surface area contributed by atoms with Crippen LogP contribution in [0.3, 0.4) is 0 Å². The molecule has 2 aromatic heterocycles. The number of rotatable bonds is 8. The fraction of sp³-hybridized carbons (Fsp3) is 0.429. The minimum atomic E-state index is 0.856. The second-order valence-corrected chi connectivity index (χ2v) is 6.86. The summed E-state index contributed by atoms with van der Waals surface area (Å²) in [6.45, 7) is 6.97. The summed E-state index contributed by atoms with van der Waals surface area (Å²) in [4.78, 5) is 12.0. The van der Waals surface area contributed by atoms with Gasteiger partial charge in [0.25, 0.3) is 0 Å². The van der Waals surface area contributed by atoms with Crippen molar-refractivity contribution in [3.63, 3.8) is 0 Å². The number of fused-ring (bicyclic) bond motifs is 1. The molecule has 0 aliphatic heterocycles. The molecule has 1 aromatic carbocycles. The highest BCUT2D eigenvalue weighted by atomic mass is 15.2. The van der Waals surface area contributed by atoms with E-state index in [2.05, 4.69) is 61.5 Å². The highest BCUT2D eigenvalue weighted by molar-refractivity contribution is 5.86. The summed E-state index contributed by atoms with van der Waals surface area (Å²) in [6.07, 6.45) is 9.19. The summed E-state index contributed by atoms with van der Waals surface area (Å²) in [6, 6.07) is 6.44. The third kappa shape index (κ3) is 4.90. The first-order chi connectivity index (χ1) is 13.2. The Morgan fingerprint density at radius 1 is 1.19 bits per heavy atom. The van der Waals surface area contributed by atoms with Crippen molar-refractivity contribution in [1.82, 2.24) is 25.2 Å². The molecule has 0 aliphatic rings. The maximum absolute atomic E-state index is 4.32. The van der Waals surface area contributed by atoms with Crippen molar-refractivity contribution in [2.75, 3.05) is 20.1 Å². The molecule has 2 heterocycles. The summed E-state index contributed by atoms with van der Waals surface area (Å²) >= 11 is 0. The van der Waals surface area contributed by atoms with Crippen LogP contribution < -0.4 is 10.6 Å². The molecule has 0 aliphatic carbocycles. The van der Waals surface area contributed by atoms with Crippen LogP contribution in [0.25, 0.3) is 10.9 Å². The zero-order valence-electron chi connectivity index (χ0n) is 16.5. The average molecular weight is 367 g/mol. The molecule has 0 saturated heterocycles. The van der Waals surface area contributed by atoms with Crippen molar-refractivity contribution in [1.29, 1.82) is 0 Å². The quantitative estimate of drug-likeness (QED) is 0.326. The lowest BCUT2D eigenvalue weighted by atomic mass is 10.1. The second-order valence-electron chi connectivity index (χ2n) is 6.86. The Hall–Kier alpha value is -2.76. The van der Waals surface area contributed by atoms with E-state index < -0.39 is 0 Å². The van der Waals surface area contributed by atoms with Gasteiger partial charge in [0.15, 0.2) is 5.96 Å². The van der Waals surface area contributed by atoms with E-state index in [0.717, 1.165) is 50.7 Å². The van der Waals surface area contributed by atoms with Crippen molar-refractivity contribution < 1.29 is 0 Å². The predicted molar refractivity (Wildman–Crippen MR) is 112 cm³/mol. The van der Waals surface area contributed by atoms with Crippen molar-refractivity contribution in [3.8, 4) is 0 Å². The molecule has 0 atom stereocenters. The largest absolute Gasteiger partial charge is 0.361 e. The Balaban J connectivity index is 1.37. The summed E-state index contributed by atoms with van der Waals surface area (Å²) in [5.74, 6) is 1.94. The highest BCUT2D eigenvalue weighted by Gasteiger charge is 2.05. The molecule has 0 amide bonds. The van der Waals surface area contributed by atoms with Crippen molar-refractivity contribution >= 4 is 16.9 Å². The zero-order valence-corrected chi connectivity index (χ0v) is 16.5. The lowest BCUT2D eigenvalue weighted by Gasteiger charge is -2.12. The maximum atomic E-state index is 4.32. The highest BCUT2D eigenvalue weighted by Crippen LogP contribution is 2.21. The molecule has 6 heteroatoms. The number of para-hydroxylation sites is 1. The molecule has 0 spiro atoms. The Morgan fingerprint density at radius 3 is 2.81 bits per heavy atom. The lowest BCUT2D eigenvalue weighted by molar-refractivity contribution is 0.588. The smallest absolute Gasteiger partial charge is 0.190 e. The zero-order chi connectivity index (χ0) is 19.1.